The van der Waals surface area contributed by atoms with Crippen molar-refractivity contribution >= 4 is 11.9 Å². The summed E-state index contributed by atoms with van der Waals surface area (Å²) < 4.78 is 20.9. The number of hydrogen-bond donors (Lipinski definition) is 1. The van der Waals surface area contributed by atoms with E-state index in [0.717, 1.165) is 11.3 Å². The molecule has 2 rings (SSSR count). The first-order valence-corrected chi connectivity index (χ1v) is 8.32. The number of ether oxygens (including phenoxy) is 4. The van der Waals surface area contributed by atoms with Crippen LogP contribution in [0.15, 0.2) is 30.3 Å². The highest BCUT2D eigenvalue weighted by Gasteiger charge is 2.24. The van der Waals surface area contributed by atoms with Crippen LogP contribution in [0.25, 0.3) is 6.08 Å². The Kier molecular flexibility index (Phi) is 6.85. The van der Waals surface area contributed by atoms with Gasteiger partial charge in [0.1, 0.15) is 28.6 Å². The Hall–Kier alpha value is -2.99. The summed E-state index contributed by atoms with van der Waals surface area (Å²) >= 11 is 0. The van der Waals surface area contributed by atoms with Gasteiger partial charge in [0.2, 0.25) is 0 Å². The molecular weight excluding hydrogens is 348 g/mol. The maximum Gasteiger partial charge on any atom is 0.193 e. The minimum absolute atomic E-state index is 0.0228. The highest BCUT2D eigenvalue weighted by atomic mass is 16.7. The number of carbonyl (C=O) groups is 1. The van der Waals surface area contributed by atoms with Crippen molar-refractivity contribution in [1.29, 1.82) is 0 Å². The molecule has 0 aromatic heterocycles. The molecule has 6 nitrogen and oxygen atoms in total. The SMILES string of the molecule is COCOc1c(C)c(O)c(C(=O)C=Cc2ccc(OC)cc2)c(OC)c1C. The van der Waals surface area contributed by atoms with E-state index < -0.39 is 0 Å². The van der Waals surface area contributed by atoms with Crippen LogP contribution in [0.2, 0.25) is 0 Å². The molecule has 0 atom stereocenters. The van der Waals surface area contributed by atoms with Crippen molar-refractivity contribution in [2.45, 2.75) is 13.8 Å². The number of methoxy groups -OCH3 is 3. The van der Waals surface area contributed by atoms with Crippen molar-refractivity contribution in [3.8, 4) is 23.0 Å². The Morgan fingerprint density at radius 1 is 1.00 bits per heavy atom. The second-order valence-electron chi connectivity index (χ2n) is 5.86. The number of aromatic hydroxyl groups is 1. The molecule has 27 heavy (non-hydrogen) atoms. The second kappa shape index (κ2) is 9.09. The van der Waals surface area contributed by atoms with Gasteiger partial charge >= 0.3 is 0 Å². The average Bonchev–Trinajstić information content (AvgIpc) is 2.69. The number of ketones is 1. The number of rotatable bonds is 8. The third-order valence-electron chi connectivity index (χ3n) is 4.16. The molecule has 0 saturated carbocycles. The van der Waals surface area contributed by atoms with Crippen molar-refractivity contribution in [2.75, 3.05) is 28.1 Å². The smallest absolute Gasteiger partial charge is 0.193 e. The van der Waals surface area contributed by atoms with E-state index in [0.29, 0.717) is 16.9 Å². The van der Waals surface area contributed by atoms with E-state index in [-0.39, 0.29) is 29.6 Å². The topological polar surface area (TPSA) is 74.2 Å². The summed E-state index contributed by atoms with van der Waals surface area (Å²) in [7, 11) is 4.54. The van der Waals surface area contributed by atoms with Gasteiger partial charge in [-0.3, -0.25) is 4.79 Å². The van der Waals surface area contributed by atoms with Crippen LogP contribution in [-0.4, -0.2) is 39.0 Å². The van der Waals surface area contributed by atoms with Crippen LogP contribution in [0.3, 0.4) is 0 Å². The maximum atomic E-state index is 12.8. The standard InChI is InChI=1S/C21H24O6/c1-13-19(23)18(21(26-5)14(2)20(13)27-12-24-3)17(22)11-8-15-6-9-16(25-4)10-7-15/h6-11,23H,12H2,1-5H3. The van der Waals surface area contributed by atoms with E-state index >= 15 is 0 Å². The monoisotopic (exact) mass is 372 g/mol. The molecule has 0 fully saturated rings. The Morgan fingerprint density at radius 2 is 1.67 bits per heavy atom. The summed E-state index contributed by atoms with van der Waals surface area (Å²) in [5.74, 6) is 0.892. The quantitative estimate of drug-likeness (QED) is 0.430. The number of phenolic OH excluding ortho intramolecular Hbond substituents is 1. The molecule has 0 amide bonds. The Balaban J connectivity index is 2.40. The molecule has 0 heterocycles. The molecule has 0 saturated heterocycles. The minimum Gasteiger partial charge on any atom is -0.507 e. The lowest BCUT2D eigenvalue weighted by molar-refractivity contribution is 0.0497. The normalized spacial score (nSPS) is 10.9. The van der Waals surface area contributed by atoms with Gasteiger partial charge in [-0.1, -0.05) is 18.2 Å². The van der Waals surface area contributed by atoms with Gasteiger partial charge in [0.15, 0.2) is 12.6 Å². The predicted molar refractivity (Wildman–Crippen MR) is 103 cm³/mol. The molecule has 0 aliphatic heterocycles. The molecule has 0 spiro atoms. The molecule has 0 bridgehead atoms. The zero-order valence-corrected chi connectivity index (χ0v) is 16.2. The Bertz CT molecular complexity index is 837. The molecular formula is C21H24O6. The van der Waals surface area contributed by atoms with Gasteiger partial charge in [-0.15, -0.1) is 0 Å². The highest BCUT2D eigenvalue weighted by Crippen LogP contribution is 2.42. The van der Waals surface area contributed by atoms with Gasteiger partial charge in [-0.05, 0) is 37.6 Å². The van der Waals surface area contributed by atoms with Crippen LogP contribution in [-0.2, 0) is 4.74 Å². The van der Waals surface area contributed by atoms with Gasteiger partial charge in [0, 0.05) is 18.2 Å². The van der Waals surface area contributed by atoms with E-state index in [1.165, 1.54) is 20.3 Å². The molecule has 2 aromatic carbocycles. The van der Waals surface area contributed by atoms with Crippen LogP contribution in [0.1, 0.15) is 27.0 Å². The van der Waals surface area contributed by atoms with E-state index in [1.807, 2.05) is 12.1 Å². The molecule has 0 aliphatic rings. The lowest BCUT2D eigenvalue weighted by Crippen LogP contribution is -2.08. The minimum atomic E-state index is -0.371. The lowest BCUT2D eigenvalue weighted by atomic mass is 9.98. The molecule has 1 N–H and O–H groups in total. The number of benzene rings is 2. The number of hydrogen-bond acceptors (Lipinski definition) is 6. The number of carbonyl (C=O) groups excluding carboxylic acids is 1. The first kappa shape index (κ1) is 20.3. The first-order chi connectivity index (χ1) is 12.9. The average molecular weight is 372 g/mol. The van der Waals surface area contributed by atoms with Gasteiger partial charge in [0.05, 0.1) is 14.2 Å². The van der Waals surface area contributed by atoms with Crippen LogP contribution in [0, 0.1) is 13.8 Å². The zero-order chi connectivity index (χ0) is 20.0. The van der Waals surface area contributed by atoms with Crippen LogP contribution in [0.5, 0.6) is 23.0 Å². The van der Waals surface area contributed by atoms with Crippen LogP contribution < -0.4 is 14.2 Å². The summed E-state index contributed by atoms with van der Waals surface area (Å²) in [6.45, 7) is 3.46. The molecule has 144 valence electrons. The third-order valence-corrected chi connectivity index (χ3v) is 4.16. The summed E-state index contributed by atoms with van der Waals surface area (Å²) in [6.07, 6.45) is 3.06. The van der Waals surface area contributed by atoms with Gasteiger partial charge in [-0.25, -0.2) is 0 Å². The molecule has 2 aromatic rings. The summed E-state index contributed by atoms with van der Waals surface area (Å²) in [5.41, 5.74) is 2.00. The van der Waals surface area contributed by atoms with Crippen molar-refractivity contribution < 1.29 is 28.8 Å². The van der Waals surface area contributed by atoms with Crippen LogP contribution in [0.4, 0.5) is 0 Å². The predicted octanol–water partition coefficient (Wildman–Crippen LogP) is 3.91. The second-order valence-corrected chi connectivity index (χ2v) is 5.86. The fourth-order valence-electron chi connectivity index (χ4n) is 2.76. The summed E-state index contributed by atoms with van der Waals surface area (Å²) in [5, 5.41) is 10.6. The van der Waals surface area contributed by atoms with Crippen molar-refractivity contribution in [2.24, 2.45) is 0 Å². The molecule has 0 unspecified atom stereocenters. The first-order valence-electron chi connectivity index (χ1n) is 8.32. The number of allylic oxidation sites excluding steroid dienone is 1. The maximum absolute atomic E-state index is 12.8. The van der Waals surface area contributed by atoms with Crippen molar-refractivity contribution in [3.63, 3.8) is 0 Å². The highest BCUT2D eigenvalue weighted by molar-refractivity contribution is 6.11. The van der Waals surface area contributed by atoms with Crippen molar-refractivity contribution in [1.82, 2.24) is 0 Å². The van der Waals surface area contributed by atoms with Crippen LogP contribution >= 0.6 is 0 Å². The van der Waals surface area contributed by atoms with Crippen molar-refractivity contribution in [3.05, 3.63) is 52.6 Å². The lowest BCUT2D eigenvalue weighted by Gasteiger charge is -2.18. The van der Waals surface area contributed by atoms with Gasteiger partial charge < -0.3 is 24.1 Å². The fraction of sp³-hybridized carbons (Fsp3) is 0.286. The number of phenols is 1. The summed E-state index contributed by atoms with van der Waals surface area (Å²) in [4.78, 5) is 12.8. The van der Waals surface area contributed by atoms with E-state index in [2.05, 4.69) is 0 Å². The summed E-state index contributed by atoms with van der Waals surface area (Å²) in [6, 6.07) is 7.27. The molecule has 0 aliphatic carbocycles. The molecule has 0 radical (unpaired) electrons. The fourth-order valence-corrected chi connectivity index (χ4v) is 2.76. The molecule has 6 heteroatoms. The Morgan fingerprint density at radius 3 is 2.22 bits per heavy atom. The zero-order valence-electron chi connectivity index (χ0n) is 16.2. The third kappa shape index (κ3) is 4.41. The van der Waals surface area contributed by atoms with Gasteiger partial charge in [-0.2, -0.15) is 0 Å². The largest absolute Gasteiger partial charge is 0.507 e. The van der Waals surface area contributed by atoms with E-state index in [9.17, 15) is 9.90 Å². The van der Waals surface area contributed by atoms with E-state index in [1.54, 1.807) is 39.2 Å². The Labute approximate surface area is 158 Å². The van der Waals surface area contributed by atoms with Gasteiger partial charge in [0.25, 0.3) is 0 Å². The van der Waals surface area contributed by atoms with E-state index in [4.69, 9.17) is 18.9 Å².